The molecule has 31 heavy (non-hydrogen) atoms. The summed E-state index contributed by atoms with van der Waals surface area (Å²) in [6.07, 6.45) is 2.73. The minimum atomic E-state index is -1.02. The second-order valence-electron chi connectivity index (χ2n) is 7.39. The molecule has 3 aromatic rings. The average molecular weight is 427 g/mol. The van der Waals surface area contributed by atoms with Crippen LogP contribution in [0.25, 0.3) is 11.1 Å². The Balaban J connectivity index is 1.90. The third-order valence-corrected chi connectivity index (χ3v) is 5.23. The second kappa shape index (κ2) is 9.65. The molecule has 2 nitrogen and oxygen atoms in total. The molecule has 6 heteroatoms. The summed E-state index contributed by atoms with van der Waals surface area (Å²) in [6.45, 7) is 2.09. The quantitative estimate of drug-likeness (QED) is 0.431. The highest BCUT2D eigenvalue weighted by Gasteiger charge is 2.20. The van der Waals surface area contributed by atoms with E-state index in [0.29, 0.717) is 5.56 Å². The van der Waals surface area contributed by atoms with Crippen LogP contribution in [0.15, 0.2) is 42.5 Å². The molecule has 0 fully saturated rings. The van der Waals surface area contributed by atoms with Gasteiger partial charge < -0.3 is 5.11 Å². The van der Waals surface area contributed by atoms with Crippen molar-refractivity contribution in [1.29, 1.82) is 5.26 Å². The molecule has 3 rings (SSSR count). The van der Waals surface area contributed by atoms with Crippen molar-refractivity contribution in [1.82, 2.24) is 0 Å². The van der Waals surface area contributed by atoms with Gasteiger partial charge in [-0.25, -0.2) is 17.6 Å². The van der Waals surface area contributed by atoms with E-state index in [1.165, 1.54) is 6.07 Å². The number of rotatable bonds is 7. The van der Waals surface area contributed by atoms with Gasteiger partial charge in [0.25, 0.3) is 0 Å². The molecular weight excluding hydrogens is 406 g/mol. The van der Waals surface area contributed by atoms with E-state index in [1.807, 2.05) is 12.1 Å². The predicted octanol–water partition coefficient (Wildman–Crippen LogP) is 6.62. The van der Waals surface area contributed by atoms with Gasteiger partial charge in [-0.15, -0.1) is 0 Å². The Kier molecular flexibility index (Phi) is 6.96. The summed E-state index contributed by atoms with van der Waals surface area (Å²) in [6, 6.07) is 11.3. The third kappa shape index (κ3) is 4.88. The molecule has 3 aromatic carbocycles. The van der Waals surface area contributed by atoms with Crippen molar-refractivity contribution in [3.8, 4) is 22.9 Å². The highest BCUT2D eigenvalue weighted by molar-refractivity contribution is 5.72. The molecule has 0 saturated carbocycles. The Hall–Kier alpha value is -3.33. The lowest BCUT2D eigenvalue weighted by Gasteiger charge is -2.13. The zero-order chi connectivity index (χ0) is 22.5. The largest absolute Gasteiger partial charge is 0.507 e. The fourth-order valence-corrected chi connectivity index (χ4v) is 3.52. The van der Waals surface area contributed by atoms with Crippen LogP contribution >= 0.6 is 0 Å². The van der Waals surface area contributed by atoms with Gasteiger partial charge in [0, 0.05) is 11.6 Å². The normalized spacial score (nSPS) is 10.8. The van der Waals surface area contributed by atoms with E-state index in [-0.39, 0.29) is 29.5 Å². The highest BCUT2D eigenvalue weighted by Crippen LogP contribution is 2.36. The van der Waals surface area contributed by atoms with E-state index >= 15 is 4.39 Å². The van der Waals surface area contributed by atoms with Crippen LogP contribution in [0.3, 0.4) is 0 Å². The molecule has 0 bridgehead atoms. The monoisotopic (exact) mass is 427 g/mol. The van der Waals surface area contributed by atoms with Gasteiger partial charge in [-0.1, -0.05) is 37.6 Å². The minimum Gasteiger partial charge on any atom is -0.507 e. The number of halogens is 4. The standard InChI is InChI=1S/C25H21F4NO/c1-2-3-4-15-5-8-17(9-6-15)24-23(31)13-22(28)18(25(24)29)10-7-16-11-20(26)19(14-30)21(27)12-16/h5-6,8-9,11-13,31H,2-4,7,10H2,1H3. The van der Waals surface area contributed by atoms with Crippen molar-refractivity contribution in [3.63, 3.8) is 0 Å². The van der Waals surface area contributed by atoms with Gasteiger partial charge >= 0.3 is 0 Å². The van der Waals surface area contributed by atoms with E-state index in [9.17, 15) is 18.3 Å². The van der Waals surface area contributed by atoms with Gasteiger partial charge in [0.05, 0.1) is 5.56 Å². The zero-order valence-corrected chi connectivity index (χ0v) is 17.0. The molecule has 0 aromatic heterocycles. The summed E-state index contributed by atoms with van der Waals surface area (Å²) in [7, 11) is 0. The molecule has 0 unspecified atom stereocenters. The van der Waals surface area contributed by atoms with Crippen LogP contribution in [0.5, 0.6) is 5.75 Å². The molecule has 0 spiro atoms. The lowest BCUT2D eigenvalue weighted by atomic mass is 9.95. The number of aromatic hydroxyl groups is 1. The van der Waals surface area contributed by atoms with Gasteiger partial charge in [0.2, 0.25) is 0 Å². The van der Waals surface area contributed by atoms with Crippen LogP contribution in [-0.2, 0) is 19.3 Å². The Bertz CT molecular complexity index is 1110. The highest BCUT2D eigenvalue weighted by atomic mass is 19.1. The van der Waals surface area contributed by atoms with Crippen LogP contribution in [0, 0.1) is 34.6 Å². The molecule has 0 radical (unpaired) electrons. The first kappa shape index (κ1) is 22.4. The van der Waals surface area contributed by atoms with Gasteiger partial charge in [-0.05, 0) is 54.5 Å². The van der Waals surface area contributed by atoms with E-state index in [0.717, 1.165) is 43.0 Å². The number of benzene rings is 3. The lowest BCUT2D eigenvalue weighted by molar-refractivity contribution is 0.459. The van der Waals surface area contributed by atoms with Crippen LogP contribution in [0.1, 0.15) is 42.0 Å². The molecule has 1 N–H and O–H groups in total. The average Bonchev–Trinajstić information content (AvgIpc) is 2.72. The molecule has 0 amide bonds. The fourth-order valence-electron chi connectivity index (χ4n) is 3.52. The Morgan fingerprint density at radius 3 is 2.06 bits per heavy atom. The molecule has 160 valence electrons. The molecule has 0 saturated heterocycles. The van der Waals surface area contributed by atoms with Gasteiger partial charge in [-0.2, -0.15) is 5.26 Å². The summed E-state index contributed by atoms with van der Waals surface area (Å²) in [5, 5.41) is 18.9. The number of hydrogen-bond donors (Lipinski definition) is 1. The summed E-state index contributed by atoms with van der Waals surface area (Å²) in [5.74, 6) is -4.40. The Morgan fingerprint density at radius 1 is 0.839 bits per heavy atom. The van der Waals surface area contributed by atoms with E-state index < -0.39 is 34.6 Å². The number of nitrogens with zero attached hydrogens (tertiary/aromatic N) is 1. The maximum absolute atomic E-state index is 15.2. The fraction of sp³-hybridized carbons (Fsp3) is 0.240. The Labute approximate surface area is 178 Å². The maximum atomic E-state index is 15.2. The summed E-state index contributed by atoms with van der Waals surface area (Å²) in [4.78, 5) is 0. The van der Waals surface area contributed by atoms with Crippen molar-refractivity contribution in [2.24, 2.45) is 0 Å². The third-order valence-electron chi connectivity index (χ3n) is 5.23. The summed E-state index contributed by atoms with van der Waals surface area (Å²) in [5.41, 5.74) is 0.562. The second-order valence-corrected chi connectivity index (χ2v) is 7.39. The number of nitriles is 1. The zero-order valence-electron chi connectivity index (χ0n) is 17.0. The van der Waals surface area contributed by atoms with Crippen LogP contribution in [-0.4, -0.2) is 5.11 Å². The molecule has 0 aliphatic rings. The van der Waals surface area contributed by atoms with E-state index in [2.05, 4.69) is 6.92 Å². The molecule has 0 aliphatic carbocycles. The summed E-state index contributed by atoms with van der Waals surface area (Å²) >= 11 is 0. The van der Waals surface area contributed by atoms with Crippen LogP contribution in [0.2, 0.25) is 0 Å². The molecular formula is C25H21F4NO. The van der Waals surface area contributed by atoms with Crippen molar-refractivity contribution in [2.45, 2.75) is 39.0 Å². The first-order chi connectivity index (χ1) is 14.8. The van der Waals surface area contributed by atoms with Crippen molar-refractivity contribution >= 4 is 0 Å². The number of aryl methyl sites for hydroxylation is 2. The Morgan fingerprint density at radius 2 is 1.48 bits per heavy atom. The molecule has 0 heterocycles. The minimum absolute atomic E-state index is 0.0481. The van der Waals surface area contributed by atoms with Crippen molar-refractivity contribution in [3.05, 3.63) is 88.0 Å². The van der Waals surface area contributed by atoms with Gasteiger partial charge in [0.1, 0.15) is 40.7 Å². The smallest absolute Gasteiger partial charge is 0.144 e. The first-order valence-electron chi connectivity index (χ1n) is 10.0. The SMILES string of the molecule is CCCCc1ccc(-c2c(O)cc(F)c(CCc3cc(F)c(C#N)c(F)c3)c2F)cc1. The number of phenols is 1. The summed E-state index contributed by atoms with van der Waals surface area (Å²) < 4.78 is 57.2. The van der Waals surface area contributed by atoms with E-state index in [1.54, 1.807) is 12.1 Å². The van der Waals surface area contributed by atoms with Crippen molar-refractivity contribution in [2.75, 3.05) is 0 Å². The van der Waals surface area contributed by atoms with E-state index in [4.69, 9.17) is 5.26 Å². The predicted molar refractivity (Wildman–Crippen MR) is 111 cm³/mol. The number of phenolic OH excluding ortho intramolecular Hbond substituents is 1. The molecule has 0 atom stereocenters. The number of unbranched alkanes of at least 4 members (excludes halogenated alkanes) is 1. The first-order valence-corrected chi connectivity index (χ1v) is 10.0. The van der Waals surface area contributed by atoms with Crippen molar-refractivity contribution < 1.29 is 22.7 Å². The topological polar surface area (TPSA) is 44.0 Å². The van der Waals surface area contributed by atoms with Crippen LogP contribution in [0.4, 0.5) is 17.6 Å². The maximum Gasteiger partial charge on any atom is 0.144 e. The van der Waals surface area contributed by atoms with Gasteiger partial charge in [-0.3, -0.25) is 0 Å². The number of hydrogen-bond acceptors (Lipinski definition) is 2. The molecule has 0 aliphatic heterocycles. The van der Waals surface area contributed by atoms with Gasteiger partial charge in [0.15, 0.2) is 0 Å². The van der Waals surface area contributed by atoms with Crippen LogP contribution < -0.4 is 0 Å². The lowest BCUT2D eigenvalue weighted by Crippen LogP contribution is -2.03.